The number of aliphatic carboxylic acids is 1. The highest BCUT2D eigenvalue weighted by Crippen LogP contribution is 2.38. The van der Waals surface area contributed by atoms with E-state index >= 15 is 0 Å². The van der Waals surface area contributed by atoms with Gasteiger partial charge in [0, 0.05) is 38.5 Å². The van der Waals surface area contributed by atoms with Gasteiger partial charge in [-0.25, -0.2) is 0 Å². The minimum atomic E-state index is -1.91. The number of carboxylic acid groups (broad SMARTS) is 1. The molecule has 23 heteroatoms. The van der Waals surface area contributed by atoms with Crippen LogP contribution in [0.25, 0.3) is 0 Å². The van der Waals surface area contributed by atoms with Gasteiger partial charge in [-0.1, -0.05) is 19.1 Å². The first-order chi connectivity index (χ1) is 29.6. The molecule has 9 unspecified atom stereocenters. The zero-order valence-electron chi connectivity index (χ0n) is 35.2. The average Bonchev–Trinajstić information content (AvgIpc) is 3.65. The molecule has 1 fully saturated rings. The van der Waals surface area contributed by atoms with Crippen LogP contribution in [0.3, 0.4) is 0 Å². The minimum absolute atomic E-state index is 0.0669. The third-order valence-corrected chi connectivity index (χ3v) is 13.4. The Bertz CT molecular complexity index is 1990. The quantitative estimate of drug-likeness (QED) is 0.0311. The normalized spacial score (nSPS) is 21.9. The predicted octanol–water partition coefficient (Wildman–Crippen LogP) is 3.47. The number of hydrogen-bond donors (Lipinski definition) is 7. The Morgan fingerprint density at radius 1 is 1.03 bits per heavy atom. The monoisotopic (exact) mass is 1330 g/mol. The molecule has 63 heavy (non-hydrogen) atoms. The number of nitrogens with zero attached hydrogens (tertiary/aromatic N) is 3. The van der Waals surface area contributed by atoms with E-state index in [1.54, 1.807) is 36.9 Å². The molecule has 2 amide bonds. The molecule has 7 N–H and O–H groups in total. The third kappa shape index (κ3) is 15.4. The summed E-state index contributed by atoms with van der Waals surface area (Å²) < 4.78 is 34.3. The summed E-state index contributed by atoms with van der Waals surface area (Å²) in [6, 6.07) is 6.18. The molecule has 1 aromatic heterocycles. The minimum Gasteiger partial charge on any atom is -0.485 e. The molecule has 2 radical (unpaired) electrons. The first-order valence-corrected chi connectivity index (χ1v) is 24.2. The maximum absolute atomic E-state index is 13.1. The van der Waals surface area contributed by atoms with Crippen molar-refractivity contribution in [3.8, 4) is 17.2 Å². The summed E-state index contributed by atoms with van der Waals surface area (Å²) in [6.07, 6.45) is -5.55. The second-order valence-electron chi connectivity index (χ2n) is 15.6. The Kier molecular flexibility index (Phi) is 21.3. The van der Waals surface area contributed by atoms with Gasteiger partial charge in [0.15, 0.2) is 12.0 Å². The van der Waals surface area contributed by atoms with Crippen LogP contribution in [0.5, 0.6) is 17.2 Å². The number of nitrogens with one attached hydrogen (secondary N) is 2. The third-order valence-electron chi connectivity index (χ3n) is 10.2. The number of ether oxygens (including phenoxy) is 5. The van der Waals surface area contributed by atoms with Crippen molar-refractivity contribution in [2.75, 3.05) is 20.3 Å². The van der Waals surface area contributed by atoms with Gasteiger partial charge < -0.3 is 59.9 Å². The first kappa shape index (κ1) is 53.9. The van der Waals surface area contributed by atoms with E-state index in [2.05, 4.69) is 111 Å². The zero-order chi connectivity index (χ0) is 46.8. The van der Waals surface area contributed by atoms with Crippen LogP contribution in [0.4, 0.5) is 0 Å². The van der Waals surface area contributed by atoms with Crippen molar-refractivity contribution in [2.45, 2.75) is 115 Å². The smallest absolute Gasteiger partial charge is 0.307 e. The van der Waals surface area contributed by atoms with Crippen LogP contribution < -0.4 is 20.1 Å². The number of halogens is 4. The lowest BCUT2D eigenvalue weighted by atomic mass is 9.70. The predicted molar refractivity (Wildman–Crippen MR) is 262 cm³/mol. The number of aryl methyl sites for hydroxylation is 1. The van der Waals surface area contributed by atoms with E-state index in [0.29, 0.717) is 54.4 Å². The summed E-state index contributed by atoms with van der Waals surface area (Å²) in [7, 11) is 7.66. The average molecular weight is 1330 g/mol. The lowest BCUT2D eigenvalue weighted by molar-refractivity contribution is -0.277. The number of hydrogen-bond acceptors (Lipinski definition) is 14. The fourth-order valence-electron chi connectivity index (χ4n) is 7.18. The van der Waals surface area contributed by atoms with E-state index in [9.17, 15) is 34.8 Å². The number of carbonyl (C=O) groups is 3. The van der Waals surface area contributed by atoms with Crippen LogP contribution in [0.2, 0.25) is 0 Å². The van der Waals surface area contributed by atoms with E-state index in [0.717, 1.165) is 14.3 Å². The highest BCUT2D eigenvalue weighted by atomic mass is 127. The molecule has 2 aromatic carbocycles. The molecule has 1 saturated heterocycles. The van der Waals surface area contributed by atoms with E-state index in [1.165, 1.54) is 21.0 Å². The lowest BCUT2D eigenvalue weighted by Crippen LogP contribution is -2.70. The molecule has 0 spiro atoms. The van der Waals surface area contributed by atoms with Crippen molar-refractivity contribution in [1.82, 2.24) is 25.6 Å². The topological polar surface area (TPSA) is 253 Å². The number of aromatic nitrogens is 3. The number of rotatable bonds is 23. The molecule has 2 heterocycles. The number of methoxy groups -OCH3 is 1. The number of aliphatic hydroxyl groups is 4. The van der Waals surface area contributed by atoms with E-state index in [4.69, 9.17) is 36.6 Å². The van der Waals surface area contributed by atoms with Gasteiger partial charge in [-0.2, -0.15) is 0 Å². The number of carbonyl (C=O) groups excluding carboxylic acids is 2. The van der Waals surface area contributed by atoms with E-state index in [1.807, 2.05) is 12.1 Å². The van der Waals surface area contributed by atoms with Crippen LogP contribution in [-0.4, -0.2) is 135 Å². The second kappa shape index (κ2) is 24.9. The van der Waals surface area contributed by atoms with Gasteiger partial charge in [-0.05, 0) is 146 Å². The molecule has 1 aliphatic heterocycles. The van der Waals surface area contributed by atoms with Gasteiger partial charge in [0.2, 0.25) is 11.8 Å². The largest absolute Gasteiger partial charge is 0.485 e. The van der Waals surface area contributed by atoms with Crippen molar-refractivity contribution >= 4 is 116 Å². The summed E-state index contributed by atoms with van der Waals surface area (Å²) in [5.74, 6) is -0.922. The van der Waals surface area contributed by atoms with Crippen molar-refractivity contribution in [3.05, 3.63) is 56.0 Å². The van der Waals surface area contributed by atoms with Crippen LogP contribution >= 0.6 is 90.4 Å². The Labute approximate surface area is 421 Å². The summed E-state index contributed by atoms with van der Waals surface area (Å²) in [4.78, 5) is 36.2. The number of benzene rings is 2. The summed E-state index contributed by atoms with van der Waals surface area (Å²) >= 11 is 8.66. The summed E-state index contributed by atoms with van der Waals surface area (Å²) in [5, 5.41) is 66.2. The zero-order valence-corrected chi connectivity index (χ0v) is 43.8. The Hall–Kier alpha value is -1.71. The Morgan fingerprint density at radius 2 is 1.67 bits per heavy atom. The molecule has 3 aromatic rings. The van der Waals surface area contributed by atoms with Crippen molar-refractivity contribution in [2.24, 2.45) is 11.8 Å². The first-order valence-electron chi connectivity index (χ1n) is 19.9. The molecule has 1 aliphatic rings. The highest BCUT2D eigenvalue weighted by molar-refractivity contribution is 14.1. The Balaban J connectivity index is 1.24. The molecule has 18 nitrogen and oxygen atoms in total. The molecular formula is C40H52BI4N5O13. The van der Waals surface area contributed by atoms with Crippen LogP contribution in [-0.2, 0) is 48.2 Å². The molecule has 0 saturated carbocycles. The van der Waals surface area contributed by atoms with Gasteiger partial charge in [0.25, 0.3) is 0 Å². The SMILES string of the molecule is [B]C1(C)OC(CO)C(O)C(OC(O)C(O)C(C(C)C)C(CC(=O)NCCCCn2cc(COc3c(I)cc(Oc4c(I)cc(CC(=O)O)cc4I)cc3I)nn2)OC)C1NC(C)=O. The Morgan fingerprint density at radius 3 is 2.24 bits per heavy atom. The lowest BCUT2D eigenvalue weighted by Gasteiger charge is -2.50. The van der Waals surface area contributed by atoms with Gasteiger partial charge >= 0.3 is 5.97 Å². The number of aliphatic hydroxyl groups excluding tert-OH is 4. The summed E-state index contributed by atoms with van der Waals surface area (Å²) in [5.41, 5.74) is -0.281. The van der Waals surface area contributed by atoms with Crippen LogP contribution in [0, 0.1) is 26.1 Å². The molecular weight excluding hydrogens is 1280 g/mol. The van der Waals surface area contributed by atoms with Crippen LogP contribution in [0.1, 0.15) is 58.2 Å². The van der Waals surface area contributed by atoms with E-state index < -0.39 is 72.8 Å². The van der Waals surface area contributed by atoms with Gasteiger partial charge in [-0.3, -0.25) is 19.1 Å². The number of carboxylic acids is 1. The molecule has 9 atom stereocenters. The second-order valence-corrected chi connectivity index (χ2v) is 20.2. The maximum Gasteiger partial charge on any atom is 0.307 e. The standard InChI is InChI=1S/C40H52BI4N5O13/c1-19(2)32(34(57)39(58)62-37-33(56)29(17-51)63-40(4,41)38(37)47-20(3)52)28(59-5)15-30(53)46-8-6-7-9-50-16-22(48-49-50)18-60-35-26(44)13-23(14-27(35)45)61-36-24(42)10-21(11-25(36)43)12-31(54)55/h10-11,13-14,16,19,28-29,32-34,37-39,51,56-58H,6-9,12,15,17-18H2,1-5H3,(H,46,53)(H,47,52)(H,54,55). The van der Waals surface area contributed by atoms with Crippen molar-refractivity contribution in [3.63, 3.8) is 0 Å². The maximum atomic E-state index is 13.1. The van der Waals surface area contributed by atoms with Crippen LogP contribution in [0.15, 0.2) is 30.5 Å². The highest BCUT2D eigenvalue weighted by Gasteiger charge is 2.51. The van der Waals surface area contributed by atoms with Crippen molar-refractivity contribution in [1.29, 1.82) is 0 Å². The molecule has 0 bridgehead atoms. The van der Waals surface area contributed by atoms with Gasteiger partial charge in [0.05, 0.1) is 52.1 Å². The fourth-order valence-corrected chi connectivity index (χ4v) is 11.3. The molecule has 346 valence electrons. The van der Waals surface area contributed by atoms with Gasteiger partial charge in [0.1, 0.15) is 56.1 Å². The van der Waals surface area contributed by atoms with E-state index in [-0.39, 0.29) is 31.3 Å². The van der Waals surface area contributed by atoms with Crippen molar-refractivity contribution < 1.29 is 63.6 Å². The number of unbranched alkanes of at least 4 members (excludes halogenated alkanes) is 1. The number of amides is 2. The summed E-state index contributed by atoms with van der Waals surface area (Å²) in [6.45, 7) is 6.72. The fraction of sp³-hybridized carbons (Fsp3) is 0.575. The molecule has 4 rings (SSSR count). The molecule has 0 aliphatic carbocycles. The van der Waals surface area contributed by atoms with Gasteiger partial charge in [-0.15, -0.1) is 5.10 Å².